The van der Waals surface area contributed by atoms with Gasteiger partial charge in [-0.15, -0.1) is 0 Å². The maximum atomic E-state index is 10.5. The predicted octanol–water partition coefficient (Wildman–Crippen LogP) is 1.47. The van der Waals surface area contributed by atoms with Crippen LogP contribution in [0.25, 0.3) is 0 Å². The molecule has 0 spiro atoms. The van der Waals surface area contributed by atoms with Crippen molar-refractivity contribution in [1.82, 2.24) is 5.43 Å². The Balaban J connectivity index is 3.08. The number of hydrogen-bond acceptors (Lipinski definition) is 4. The molecule has 3 N–H and O–H groups in total. The molecule has 1 aromatic carbocycles. The number of benzene rings is 1. The number of hydrogen-bond donors (Lipinski definition) is 2. The number of primary amides is 1. The zero-order valence-corrected chi connectivity index (χ0v) is 10.9. The summed E-state index contributed by atoms with van der Waals surface area (Å²) in [5.74, 6) is 1.08. The molecule has 0 atom stereocenters. The number of methoxy groups -OCH3 is 2. The Morgan fingerprint density at radius 3 is 2.71 bits per heavy atom. The van der Waals surface area contributed by atoms with Crippen LogP contribution in [-0.4, -0.2) is 26.5 Å². The zero-order valence-electron chi connectivity index (χ0n) is 9.36. The van der Waals surface area contributed by atoms with Crippen molar-refractivity contribution >= 4 is 28.2 Å². The molecule has 7 heteroatoms. The third-order valence-electron chi connectivity index (χ3n) is 1.85. The summed E-state index contributed by atoms with van der Waals surface area (Å²) in [5.41, 5.74) is 7.63. The lowest BCUT2D eigenvalue weighted by Gasteiger charge is -2.10. The van der Waals surface area contributed by atoms with Crippen molar-refractivity contribution in [3.8, 4) is 11.5 Å². The van der Waals surface area contributed by atoms with Gasteiger partial charge in [0.2, 0.25) is 0 Å². The number of nitrogens with zero attached hydrogens (tertiary/aromatic N) is 1. The van der Waals surface area contributed by atoms with E-state index in [0.717, 1.165) is 4.47 Å². The van der Waals surface area contributed by atoms with Gasteiger partial charge in [-0.05, 0) is 12.1 Å². The summed E-state index contributed by atoms with van der Waals surface area (Å²) in [6, 6.07) is 2.80. The second-order valence-corrected chi connectivity index (χ2v) is 3.88. The van der Waals surface area contributed by atoms with Crippen molar-refractivity contribution in [2.75, 3.05) is 14.2 Å². The number of urea groups is 1. The van der Waals surface area contributed by atoms with Gasteiger partial charge >= 0.3 is 6.03 Å². The highest BCUT2D eigenvalue weighted by atomic mass is 79.9. The van der Waals surface area contributed by atoms with Crippen LogP contribution >= 0.6 is 15.9 Å². The van der Waals surface area contributed by atoms with E-state index in [2.05, 4.69) is 26.5 Å². The highest BCUT2D eigenvalue weighted by Crippen LogP contribution is 2.33. The Morgan fingerprint density at radius 1 is 1.47 bits per heavy atom. The van der Waals surface area contributed by atoms with Crippen LogP contribution in [0.2, 0.25) is 0 Å². The molecule has 92 valence electrons. The second kappa shape index (κ2) is 6.09. The number of nitrogens with two attached hydrogens (primary N) is 1. The topological polar surface area (TPSA) is 85.9 Å². The number of hydrazone groups is 1. The van der Waals surface area contributed by atoms with Crippen molar-refractivity contribution in [3.05, 3.63) is 22.2 Å². The van der Waals surface area contributed by atoms with Crippen LogP contribution in [0.15, 0.2) is 21.7 Å². The molecule has 0 aliphatic carbocycles. The highest BCUT2D eigenvalue weighted by Gasteiger charge is 2.10. The van der Waals surface area contributed by atoms with Crippen molar-refractivity contribution in [2.45, 2.75) is 0 Å². The molecule has 0 aromatic heterocycles. The van der Waals surface area contributed by atoms with E-state index < -0.39 is 6.03 Å². The molecule has 0 unspecified atom stereocenters. The lowest BCUT2D eigenvalue weighted by Crippen LogP contribution is -2.24. The first-order valence-corrected chi connectivity index (χ1v) is 5.37. The lowest BCUT2D eigenvalue weighted by atomic mass is 10.2. The van der Waals surface area contributed by atoms with Crippen LogP contribution in [0, 0.1) is 0 Å². The van der Waals surface area contributed by atoms with Crippen LogP contribution in [0.3, 0.4) is 0 Å². The van der Waals surface area contributed by atoms with Gasteiger partial charge in [-0.25, -0.2) is 10.2 Å². The molecule has 0 aliphatic heterocycles. The van der Waals surface area contributed by atoms with Crippen LogP contribution in [0.1, 0.15) is 5.56 Å². The van der Waals surface area contributed by atoms with Crippen LogP contribution < -0.4 is 20.6 Å². The maximum absolute atomic E-state index is 10.5. The molecular formula is C10H12BrN3O3. The molecule has 2 amide bonds. The van der Waals surface area contributed by atoms with Crippen molar-refractivity contribution in [1.29, 1.82) is 0 Å². The molecule has 0 radical (unpaired) electrons. The average molecular weight is 302 g/mol. The SMILES string of the molecule is COc1cc(Br)cc(/C=N\NC(N)=O)c1OC. The Morgan fingerprint density at radius 2 is 2.18 bits per heavy atom. The third kappa shape index (κ3) is 3.63. The number of carbonyl (C=O) groups excluding carboxylic acids is 1. The van der Waals surface area contributed by atoms with E-state index in [1.807, 2.05) is 0 Å². The van der Waals surface area contributed by atoms with Gasteiger partial charge in [-0.2, -0.15) is 5.10 Å². The molecule has 0 aliphatic rings. The van der Waals surface area contributed by atoms with E-state index in [-0.39, 0.29) is 0 Å². The summed E-state index contributed by atoms with van der Waals surface area (Å²) in [4.78, 5) is 10.5. The van der Waals surface area contributed by atoms with Gasteiger partial charge in [0.1, 0.15) is 0 Å². The minimum absolute atomic E-state index is 0.519. The number of halogens is 1. The van der Waals surface area contributed by atoms with E-state index in [1.165, 1.54) is 20.4 Å². The molecule has 0 fully saturated rings. The van der Waals surface area contributed by atoms with Gasteiger partial charge in [0.25, 0.3) is 0 Å². The van der Waals surface area contributed by atoms with Crippen LogP contribution in [0.5, 0.6) is 11.5 Å². The smallest absolute Gasteiger partial charge is 0.332 e. The maximum Gasteiger partial charge on any atom is 0.332 e. The molecular weight excluding hydrogens is 290 g/mol. The standard InChI is InChI=1S/C10H12BrN3O3/c1-16-8-4-7(11)3-6(9(8)17-2)5-13-14-10(12)15/h3-5H,1-2H3,(H3,12,14,15)/b13-5-. The number of carbonyl (C=O) groups is 1. The molecule has 0 saturated carbocycles. The van der Waals surface area contributed by atoms with Gasteiger partial charge < -0.3 is 15.2 Å². The lowest BCUT2D eigenvalue weighted by molar-refractivity contribution is 0.249. The molecule has 0 heterocycles. The monoisotopic (exact) mass is 301 g/mol. The number of ether oxygens (including phenoxy) is 2. The van der Waals surface area contributed by atoms with Gasteiger partial charge in [0.05, 0.1) is 20.4 Å². The minimum atomic E-state index is -0.734. The largest absolute Gasteiger partial charge is 0.493 e. The summed E-state index contributed by atoms with van der Waals surface area (Å²) < 4.78 is 11.2. The quantitative estimate of drug-likeness (QED) is 0.652. The second-order valence-electron chi connectivity index (χ2n) is 2.96. The number of nitrogens with one attached hydrogen (secondary N) is 1. The fraction of sp³-hybridized carbons (Fsp3) is 0.200. The molecule has 1 rings (SSSR count). The first-order valence-electron chi connectivity index (χ1n) is 4.58. The van der Waals surface area contributed by atoms with Gasteiger partial charge in [-0.1, -0.05) is 15.9 Å². The Kier molecular flexibility index (Phi) is 4.77. The molecule has 1 aromatic rings. The van der Waals surface area contributed by atoms with Gasteiger partial charge in [0.15, 0.2) is 11.5 Å². The number of amides is 2. The zero-order chi connectivity index (χ0) is 12.8. The van der Waals surface area contributed by atoms with E-state index in [9.17, 15) is 4.79 Å². The summed E-state index contributed by atoms with van der Waals surface area (Å²) in [7, 11) is 3.05. The molecule has 6 nitrogen and oxygen atoms in total. The van der Waals surface area contributed by atoms with Crippen molar-refractivity contribution in [3.63, 3.8) is 0 Å². The molecule has 0 saturated heterocycles. The molecule has 0 bridgehead atoms. The Bertz CT molecular complexity index is 449. The van der Waals surface area contributed by atoms with Gasteiger partial charge in [-0.3, -0.25) is 0 Å². The first kappa shape index (κ1) is 13.3. The Hall–Kier alpha value is -1.76. The van der Waals surface area contributed by atoms with Crippen molar-refractivity contribution < 1.29 is 14.3 Å². The minimum Gasteiger partial charge on any atom is -0.493 e. The number of rotatable bonds is 4. The Labute approximate surface area is 107 Å². The average Bonchev–Trinajstić information content (AvgIpc) is 2.27. The summed E-state index contributed by atoms with van der Waals surface area (Å²) in [5, 5.41) is 3.66. The third-order valence-corrected chi connectivity index (χ3v) is 2.31. The van der Waals surface area contributed by atoms with E-state index in [0.29, 0.717) is 17.1 Å². The van der Waals surface area contributed by atoms with Crippen LogP contribution in [0.4, 0.5) is 4.79 Å². The normalized spacial score (nSPS) is 10.3. The van der Waals surface area contributed by atoms with E-state index >= 15 is 0 Å². The summed E-state index contributed by atoms with van der Waals surface area (Å²) in [6.07, 6.45) is 1.41. The summed E-state index contributed by atoms with van der Waals surface area (Å²) in [6.45, 7) is 0. The van der Waals surface area contributed by atoms with E-state index in [4.69, 9.17) is 15.2 Å². The fourth-order valence-electron chi connectivity index (χ4n) is 1.22. The predicted molar refractivity (Wildman–Crippen MR) is 67.6 cm³/mol. The fourth-order valence-corrected chi connectivity index (χ4v) is 1.67. The molecule has 17 heavy (non-hydrogen) atoms. The van der Waals surface area contributed by atoms with Crippen LogP contribution in [-0.2, 0) is 0 Å². The van der Waals surface area contributed by atoms with E-state index in [1.54, 1.807) is 12.1 Å². The first-order chi connectivity index (χ1) is 8.08. The van der Waals surface area contributed by atoms with Crippen molar-refractivity contribution in [2.24, 2.45) is 10.8 Å². The van der Waals surface area contributed by atoms with Gasteiger partial charge in [0, 0.05) is 10.0 Å². The summed E-state index contributed by atoms with van der Waals surface area (Å²) >= 11 is 3.33. The highest BCUT2D eigenvalue weighted by molar-refractivity contribution is 9.10.